The van der Waals surface area contributed by atoms with E-state index < -0.39 is 0 Å². The number of hydrogen-bond donors (Lipinski definition) is 1. The molecule has 0 radical (unpaired) electrons. The maximum atomic E-state index is 6.01. The first kappa shape index (κ1) is 31.9. The van der Waals surface area contributed by atoms with Crippen LogP contribution in [0.3, 0.4) is 0 Å². The van der Waals surface area contributed by atoms with Crippen LogP contribution in [-0.2, 0) is 15.9 Å². The molecule has 12 heteroatoms. The summed E-state index contributed by atoms with van der Waals surface area (Å²) in [5.41, 5.74) is 5.05. The molecule has 240 valence electrons. The average molecular weight is 619 g/mol. The van der Waals surface area contributed by atoms with Crippen molar-refractivity contribution in [1.82, 2.24) is 9.97 Å². The lowest BCUT2D eigenvalue weighted by molar-refractivity contribution is 0.121. The van der Waals surface area contributed by atoms with Crippen molar-refractivity contribution in [3.63, 3.8) is 0 Å². The van der Waals surface area contributed by atoms with Crippen LogP contribution >= 0.6 is 0 Å². The Hall–Kier alpha value is -4.55. The van der Waals surface area contributed by atoms with E-state index in [0.29, 0.717) is 81.0 Å². The Bertz CT molecular complexity index is 1390. The van der Waals surface area contributed by atoms with Crippen molar-refractivity contribution < 1.29 is 28.4 Å². The van der Waals surface area contributed by atoms with Gasteiger partial charge in [0.05, 0.1) is 46.4 Å². The van der Waals surface area contributed by atoms with Crippen molar-refractivity contribution in [2.45, 2.75) is 13.3 Å². The van der Waals surface area contributed by atoms with Gasteiger partial charge < -0.3 is 38.2 Å². The summed E-state index contributed by atoms with van der Waals surface area (Å²) in [4.78, 5) is 13.9. The van der Waals surface area contributed by atoms with Crippen LogP contribution in [0.2, 0.25) is 0 Å². The molecule has 0 atom stereocenters. The topological polar surface area (TPSA) is 112 Å². The Morgan fingerprint density at radius 2 is 1.53 bits per heavy atom. The van der Waals surface area contributed by atoms with Gasteiger partial charge in [-0.25, -0.2) is 0 Å². The summed E-state index contributed by atoms with van der Waals surface area (Å²) in [7, 11) is 1.63. The fourth-order valence-electron chi connectivity index (χ4n) is 4.93. The summed E-state index contributed by atoms with van der Waals surface area (Å²) in [6.07, 6.45) is 4.35. The van der Waals surface area contributed by atoms with E-state index >= 15 is 0 Å². The molecule has 2 aliphatic rings. The van der Waals surface area contributed by atoms with E-state index in [4.69, 9.17) is 38.4 Å². The fraction of sp³-hybridized carbons (Fsp3) is 0.424. The minimum absolute atomic E-state index is 0.331. The highest BCUT2D eigenvalue weighted by atomic mass is 16.6. The third-order valence-corrected chi connectivity index (χ3v) is 7.20. The van der Waals surface area contributed by atoms with Gasteiger partial charge in [0.1, 0.15) is 19.0 Å². The molecule has 2 aromatic carbocycles. The summed E-state index contributed by atoms with van der Waals surface area (Å²) in [5, 5.41) is 4.47. The summed E-state index contributed by atoms with van der Waals surface area (Å²) < 4.78 is 34.3. The maximum absolute atomic E-state index is 6.01. The molecular formula is C33H42N6O6. The van der Waals surface area contributed by atoms with Gasteiger partial charge in [0.15, 0.2) is 28.8 Å². The summed E-state index contributed by atoms with van der Waals surface area (Å²) >= 11 is 0. The quantitative estimate of drug-likeness (QED) is 0.115. The third-order valence-electron chi connectivity index (χ3n) is 7.20. The number of hydrazone groups is 1. The lowest BCUT2D eigenvalue weighted by atomic mass is 10.1. The molecule has 3 heterocycles. The number of morpholine rings is 2. The van der Waals surface area contributed by atoms with Crippen molar-refractivity contribution in [2.24, 2.45) is 5.10 Å². The lowest BCUT2D eigenvalue weighted by Gasteiger charge is -2.31. The molecule has 12 nitrogen and oxygen atoms in total. The number of benzene rings is 2. The van der Waals surface area contributed by atoms with Crippen LogP contribution in [0.4, 0.5) is 17.6 Å². The van der Waals surface area contributed by atoms with Crippen LogP contribution in [0.15, 0.2) is 60.2 Å². The Balaban J connectivity index is 1.21. The van der Waals surface area contributed by atoms with E-state index in [0.717, 1.165) is 49.5 Å². The van der Waals surface area contributed by atoms with Gasteiger partial charge in [-0.05, 0) is 54.8 Å². The Morgan fingerprint density at radius 1 is 0.844 bits per heavy atom. The van der Waals surface area contributed by atoms with Crippen LogP contribution in [-0.4, -0.2) is 95.7 Å². The van der Waals surface area contributed by atoms with Crippen LogP contribution in [0.1, 0.15) is 18.1 Å². The van der Waals surface area contributed by atoms with Crippen LogP contribution in [0.5, 0.6) is 23.0 Å². The van der Waals surface area contributed by atoms with E-state index in [1.807, 2.05) is 55.5 Å². The molecule has 45 heavy (non-hydrogen) atoms. The van der Waals surface area contributed by atoms with Gasteiger partial charge in [-0.3, -0.25) is 5.43 Å². The number of nitrogens with zero attached hydrogens (tertiary/aromatic N) is 5. The molecule has 0 bridgehead atoms. The molecular weight excluding hydrogens is 576 g/mol. The van der Waals surface area contributed by atoms with E-state index in [-0.39, 0.29) is 0 Å². The van der Waals surface area contributed by atoms with Crippen LogP contribution in [0.25, 0.3) is 0 Å². The van der Waals surface area contributed by atoms with E-state index in [1.54, 1.807) is 13.3 Å². The highest BCUT2D eigenvalue weighted by Gasteiger charge is 2.19. The lowest BCUT2D eigenvalue weighted by Crippen LogP contribution is -2.39. The first-order chi connectivity index (χ1) is 22.2. The molecule has 0 saturated carbocycles. The number of aromatic nitrogens is 2. The van der Waals surface area contributed by atoms with Gasteiger partial charge in [0.2, 0.25) is 5.95 Å². The molecule has 1 aromatic heterocycles. The standard InChI is InChI=1S/C33H42N6O6/c1-4-6-25-7-9-27(29(21-25)40-3)44-19-20-45-28-10-8-26(22-30(28)43-5-2)24-34-37-31-23-32(38-11-15-41-16-12-38)36-33(35-31)39-13-17-42-18-14-39/h4,7-10,21-24H,1,5-6,11-20H2,2-3H3,(H,35,36,37)/b34-24-. The van der Waals surface area contributed by atoms with Gasteiger partial charge in [-0.1, -0.05) is 12.1 Å². The largest absolute Gasteiger partial charge is 0.493 e. The molecule has 0 spiro atoms. The minimum Gasteiger partial charge on any atom is -0.493 e. The zero-order valence-electron chi connectivity index (χ0n) is 26.1. The number of allylic oxidation sites excluding steroid dienone is 1. The third kappa shape index (κ3) is 8.99. The summed E-state index contributed by atoms with van der Waals surface area (Å²) in [6, 6.07) is 13.5. The number of methoxy groups -OCH3 is 1. The molecule has 3 aromatic rings. The highest BCUT2D eigenvalue weighted by Crippen LogP contribution is 2.30. The molecule has 0 amide bonds. The van der Waals surface area contributed by atoms with Crippen molar-refractivity contribution in [2.75, 3.05) is 94.8 Å². The molecule has 1 N–H and O–H groups in total. The smallest absolute Gasteiger partial charge is 0.229 e. The van der Waals surface area contributed by atoms with Gasteiger partial charge in [0.25, 0.3) is 0 Å². The average Bonchev–Trinajstić information content (AvgIpc) is 3.09. The van der Waals surface area contributed by atoms with Crippen molar-refractivity contribution in [3.05, 3.63) is 66.2 Å². The van der Waals surface area contributed by atoms with Gasteiger partial charge in [-0.2, -0.15) is 15.1 Å². The number of hydrogen-bond acceptors (Lipinski definition) is 12. The van der Waals surface area contributed by atoms with Crippen LogP contribution in [0, 0.1) is 0 Å². The van der Waals surface area contributed by atoms with Gasteiger partial charge in [-0.15, -0.1) is 6.58 Å². The second-order valence-electron chi connectivity index (χ2n) is 10.3. The minimum atomic E-state index is 0.331. The zero-order chi connectivity index (χ0) is 31.3. The second-order valence-corrected chi connectivity index (χ2v) is 10.3. The number of anilines is 3. The predicted octanol–water partition coefficient (Wildman–Crippen LogP) is 4.19. The fourth-order valence-corrected chi connectivity index (χ4v) is 4.93. The number of ether oxygens (including phenoxy) is 6. The predicted molar refractivity (Wildman–Crippen MR) is 175 cm³/mol. The zero-order valence-corrected chi connectivity index (χ0v) is 26.1. The molecule has 0 aliphatic carbocycles. The monoisotopic (exact) mass is 618 g/mol. The van der Waals surface area contributed by atoms with Gasteiger partial charge >= 0.3 is 0 Å². The second kappa shape index (κ2) is 16.5. The summed E-state index contributed by atoms with van der Waals surface area (Å²) in [5.74, 6) is 4.71. The van der Waals surface area contributed by atoms with E-state index in [9.17, 15) is 0 Å². The Kier molecular flexibility index (Phi) is 11.7. The van der Waals surface area contributed by atoms with E-state index in [1.165, 1.54) is 0 Å². The number of rotatable bonds is 15. The molecule has 0 unspecified atom stereocenters. The highest BCUT2D eigenvalue weighted by molar-refractivity contribution is 5.81. The van der Waals surface area contributed by atoms with Gasteiger partial charge in [0, 0.05) is 32.2 Å². The molecule has 2 fully saturated rings. The first-order valence-corrected chi connectivity index (χ1v) is 15.3. The number of nitrogens with one attached hydrogen (secondary N) is 1. The van der Waals surface area contributed by atoms with E-state index in [2.05, 4.69) is 26.9 Å². The maximum Gasteiger partial charge on any atom is 0.229 e. The molecule has 2 aliphatic heterocycles. The van der Waals surface area contributed by atoms with Crippen molar-refractivity contribution in [3.8, 4) is 23.0 Å². The first-order valence-electron chi connectivity index (χ1n) is 15.3. The Morgan fingerprint density at radius 3 is 2.22 bits per heavy atom. The van der Waals surface area contributed by atoms with Crippen molar-refractivity contribution >= 4 is 23.8 Å². The Labute approximate surface area is 264 Å². The normalized spacial score (nSPS) is 15.2. The summed E-state index contributed by atoms with van der Waals surface area (Å²) in [6.45, 7) is 12.6. The molecule has 5 rings (SSSR count). The SMILES string of the molecule is C=CCc1ccc(OCCOc2ccc(/C=N\Nc3cc(N4CCOCC4)nc(N4CCOCC4)n3)cc2OCC)c(OC)c1. The van der Waals surface area contributed by atoms with Crippen LogP contribution < -0.4 is 34.2 Å². The van der Waals surface area contributed by atoms with Crippen molar-refractivity contribution in [1.29, 1.82) is 0 Å². The molecule has 2 saturated heterocycles.